The number of benzene rings is 1. The molecule has 1 aromatic heterocycles. The average molecular weight is 203 g/mol. The van der Waals surface area contributed by atoms with Crippen LogP contribution in [0.15, 0.2) is 35.1 Å². The molecule has 0 unspecified atom stereocenters. The fourth-order valence-electron chi connectivity index (χ4n) is 1.50. The minimum absolute atomic E-state index is 0.0383. The van der Waals surface area contributed by atoms with E-state index >= 15 is 0 Å². The lowest BCUT2D eigenvalue weighted by Gasteiger charge is -2.04. The Morgan fingerprint density at radius 1 is 1.07 bits per heavy atom. The molecule has 80 valence electrons. The summed E-state index contributed by atoms with van der Waals surface area (Å²) in [6.45, 7) is 6.05. The molecular formula is C13H17NO. The molecule has 0 saturated heterocycles. The van der Waals surface area contributed by atoms with Gasteiger partial charge in [-0.25, -0.2) is 0 Å². The largest absolute Gasteiger partial charge is 0.311 e. The van der Waals surface area contributed by atoms with Gasteiger partial charge in [-0.3, -0.25) is 4.79 Å². The third kappa shape index (κ3) is 2.27. The van der Waals surface area contributed by atoms with Crippen molar-refractivity contribution >= 4 is 10.9 Å². The summed E-state index contributed by atoms with van der Waals surface area (Å²) in [6, 6.07) is 9.54. The van der Waals surface area contributed by atoms with Crippen molar-refractivity contribution in [3.05, 3.63) is 46.2 Å². The first-order chi connectivity index (χ1) is 7.18. The van der Waals surface area contributed by atoms with Crippen LogP contribution >= 0.6 is 0 Å². The van der Waals surface area contributed by atoms with E-state index in [1.807, 2.05) is 39.0 Å². The first-order valence-electron chi connectivity index (χ1n) is 5.25. The molecular weight excluding hydrogens is 186 g/mol. The van der Waals surface area contributed by atoms with Gasteiger partial charge in [-0.05, 0) is 30.5 Å². The monoisotopic (exact) mass is 203 g/mol. The molecule has 0 bridgehead atoms. The predicted molar refractivity (Wildman–Crippen MR) is 65.3 cm³/mol. The first kappa shape index (κ1) is 11.5. The highest BCUT2D eigenvalue weighted by Crippen LogP contribution is 2.12. The number of hydrogen-bond acceptors (Lipinski definition) is 1. The molecule has 2 nitrogen and oxygen atoms in total. The smallest absolute Gasteiger partial charge is 0.250 e. The molecule has 0 aliphatic carbocycles. The van der Waals surface area contributed by atoms with Gasteiger partial charge in [0.1, 0.15) is 0 Å². The van der Waals surface area contributed by atoms with Crippen molar-refractivity contribution in [2.24, 2.45) is 7.05 Å². The van der Waals surface area contributed by atoms with Crippen molar-refractivity contribution in [3.8, 4) is 0 Å². The zero-order valence-corrected chi connectivity index (χ0v) is 9.74. The van der Waals surface area contributed by atoms with Gasteiger partial charge in [-0.15, -0.1) is 0 Å². The molecule has 2 heteroatoms. The maximum atomic E-state index is 11.3. The zero-order valence-electron chi connectivity index (χ0n) is 9.74. The maximum absolute atomic E-state index is 11.3. The molecule has 0 radical (unpaired) electrons. The first-order valence-corrected chi connectivity index (χ1v) is 5.25. The molecule has 2 rings (SSSR count). The molecule has 0 aliphatic heterocycles. The van der Waals surface area contributed by atoms with E-state index in [0.717, 1.165) is 10.9 Å². The van der Waals surface area contributed by atoms with Gasteiger partial charge in [-0.1, -0.05) is 25.5 Å². The van der Waals surface area contributed by atoms with E-state index < -0.39 is 0 Å². The van der Waals surface area contributed by atoms with Crippen LogP contribution in [0.4, 0.5) is 0 Å². The Morgan fingerprint density at radius 2 is 1.73 bits per heavy atom. The van der Waals surface area contributed by atoms with Crippen LogP contribution in [0.1, 0.15) is 19.4 Å². The summed E-state index contributed by atoms with van der Waals surface area (Å²) >= 11 is 0. The molecule has 0 N–H and O–H groups in total. The van der Waals surface area contributed by atoms with Crippen LogP contribution < -0.4 is 5.56 Å². The van der Waals surface area contributed by atoms with Gasteiger partial charge in [0.15, 0.2) is 0 Å². The predicted octanol–water partition coefficient (Wildman–Crippen LogP) is 2.87. The van der Waals surface area contributed by atoms with E-state index in [1.54, 1.807) is 17.7 Å². The lowest BCUT2D eigenvalue weighted by molar-refractivity contribution is 0.906. The van der Waals surface area contributed by atoms with Crippen LogP contribution in [0.25, 0.3) is 10.9 Å². The summed E-state index contributed by atoms with van der Waals surface area (Å²) in [4.78, 5) is 11.3. The lowest BCUT2D eigenvalue weighted by Crippen LogP contribution is -2.14. The Bertz CT molecular complexity index is 511. The molecule has 0 saturated carbocycles. The van der Waals surface area contributed by atoms with Gasteiger partial charge in [-0.2, -0.15) is 0 Å². The highest BCUT2D eigenvalue weighted by atomic mass is 16.1. The fourth-order valence-corrected chi connectivity index (χ4v) is 1.50. The summed E-state index contributed by atoms with van der Waals surface area (Å²) in [5.41, 5.74) is 2.24. The topological polar surface area (TPSA) is 22.0 Å². The van der Waals surface area contributed by atoms with E-state index in [0.29, 0.717) is 0 Å². The molecule has 0 spiro atoms. The molecule has 0 amide bonds. The number of rotatable bonds is 0. The van der Waals surface area contributed by atoms with E-state index in [1.165, 1.54) is 5.56 Å². The van der Waals surface area contributed by atoms with Gasteiger partial charge in [0, 0.05) is 13.1 Å². The van der Waals surface area contributed by atoms with E-state index in [-0.39, 0.29) is 5.56 Å². The quantitative estimate of drug-likeness (QED) is 0.645. The molecule has 0 fully saturated rings. The van der Waals surface area contributed by atoms with Crippen LogP contribution in [0.2, 0.25) is 0 Å². The normalized spacial score (nSPS) is 9.60. The molecule has 1 aromatic carbocycles. The number of aryl methyl sites for hydroxylation is 2. The van der Waals surface area contributed by atoms with Crippen LogP contribution in [0.5, 0.6) is 0 Å². The van der Waals surface area contributed by atoms with Crippen LogP contribution in [0, 0.1) is 6.92 Å². The van der Waals surface area contributed by atoms with E-state index in [9.17, 15) is 4.79 Å². The standard InChI is InChI=1S/C11H11NO.C2H6/c1-8-3-5-10-9(7-8)4-6-11(13)12(10)2;1-2/h3-7H,1-2H3;1-2H3. The van der Waals surface area contributed by atoms with Crippen molar-refractivity contribution in [2.45, 2.75) is 20.8 Å². The number of fused-ring (bicyclic) bond motifs is 1. The van der Waals surface area contributed by atoms with Crippen molar-refractivity contribution in [3.63, 3.8) is 0 Å². The van der Waals surface area contributed by atoms with Crippen molar-refractivity contribution in [1.29, 1.82) is 0 Å². The Balaban J connectivity index is 0.000000531. The van der Waals surface area contributed by atoms with Gasteiger partial charge in [0.25, 0.3) is 5.56 Å². The average Bonchev–Trinajstić information content (AvgIpc) is 2.26. The second-order valence-corrected chi connectivity index (χ2v) is 3.29. The molecule has 1 heterocycles. The SMILES string of the molecule is CC.Cc1ccc2c(ccc(=O)n2C)c1. The Kier molecular flexibility index (Phi) is 3.67. The second kappa shape index (κ2) is 4.78. The van der Waals surface area contributed by atoms with Crippen molar-refractivity contribution in [1.82, 2.24) is 4.57 Å². The van der Waals surface area contributed by atoms with Crippen molar-refractivity contribution in [2.75, 3.05) is 0 Å². The molecule has 2 aromatic rings. The number of pyridine rings is 1. The summed E-state index contributed by atoms with van der Waals surface area (Å²) < 4.78 is 1.66. The third-order valence-corrected chi connectivity index (χ3v) is 2.28. The Labute approximate surface area is 90.2 Å². The summed E-state index contributed by atoms with van der Waals surface area (Å²) in [5, 5.41) is 1.11. The fraction of sp³-hybridized carbons (Fsp3) is 0.308. The van der Waals surface area contributed by atoms with Crippen LogP contribution in [-0.2, 0) is 7.05 Å². The minimum atomic E-state index is 0.0383. The Hall–Kier alpha value is -1.57. The third-order valence-electron chi connectivity index (χ3n) is 2.28. The lowest BCUT2D eigenvalue weighted by atomic mass is 10.1. The highest BCUT2D eigenvalue weighted by Gasteiger charge is 1.97. The number of aromatic nitrogens is 1. The van der Waals surface area contributed by atoms with Gasteiger partial charge < -0.3 is 4.57 Å². The number of nitrogens with zero attached hydrogens (tertiary/aromatic N) is 1. The zero-order chi connectivity index (χ0) is 11.4. The maximum Gasteiger partial charge on any atom is 0.250 e. The Morgan fingerprint density at radius 3 is 2.40 bits per heavy atom. The van der Waals surface area contributed by atoms with E-state index in [4.69, 9.17) is 0 Å². The molecule has 0 aliphatic rings. The van der Waals surface area contributed by atoms with Crippen LogP contribution in [0.3, 0.4) is 0 Å². The van der Waals surface area contributed by atoms with E-state index in [2.05, 4.69) is 6.07 Å². The molecule has 15 heavy (non-hydrogen) atoms. The van der Waals surface area contributed by atoms with Crippen molar-refractivity contribution < 1.29 is 0 Å². The highest BCUT2D eigenvalue weighted by molar-refractivity contribution is 5.79. The number of hydrogen-bond donors (Lipinski definition) is 0. The second-order valence-electron chi connectivity index (χ2n) is 3.29. The molecule has 0 atom stereocenters. The minimum Gasteiger partial charge on any atom is -0.311 e. The summed E-state index contributed by atoms with van der Waals surface area (Å²) in [6.07, 6.45) is 0. The van der Waals surface area contributed by atoms with Gasteiger partial charge in [0.05, 0.1) is 5.52 Å². The van der Waals surface area contributed by atoms with Crippen LogP contribution in [-0.4, -0.2) is 4.57 Å². The van der Waals surface area contributed by atoms with Gasteiger partial charge in [0.2, 0.25) is 0 Å². The van der Waals surface area contributed by atoms with Gasteiger partial charge >= 0.3 is 0 Å². The summed E-state index contributed by atoms with van der Waals surface area (Å²) in [7, 11) is 1.79. The summed E-state index contributed by atoms with van der Waals surface area (Å²) in [5.74, 6) is 0.